The second-order valence-electron chi connectivity index (χ2n) is 5.56. The first kappa shape index (κ1) is 15.9. The molecule has 0 unspecified atom stereocenters. The molecule has 8 heteroatoms. The fraction of sp³-hybridized carbons (Fsp3) is 0.312. The van der Waals surface area contributed by atoms with Gasteiger partial charge in [0.2, 0.25) is 0 Å². The smallest absolute Gasteiger partial charge is 0.408 e. The summed E-state index contributed by atoms with van der Waals surface area (Å²) in [7, 11) is 1.82. The topological polar surface area (TPSA) is 94.1 Å². The summed E-state index contributed by atoms with van der Waals surface area (Å²) in [6.45, 7) is 2.53. The van der Waals surface area contributed by atoms with Crippen LogP contribution in [0.4, 0.5) is 4.79 Å². The summed E-state index contributed by atoms with van der Waals surface area (Å²) >= 11 is 0. The van der Waals surface area contributed by atoms with E-state index >= 15 is 0 Å². The molecule has 24 heavy (non-hydrogen) atoms. The first-order valence-electron chi connectivity index (χ1n) is 7.66. The van der Waals surface area contributed by atoms with E-state index in [0.29, 0.717) is 24.2 Å². The van der Waals surface area contributed by atoms with Gasteiger partial charge in [0, 0.05) is 31.9 Å². The van der Waals surface area contributed by atoms with Crippen molar-refractivity contribution in [2.75, 3.05) is 6.54 Å². The molecule has 3 rings (SSSR count). The number of aromatic nitrogens is 3. The lowest BCUT2D eigenvalue weighted by molar-refractivity contribution is 0.237. The number of nitrogens with zero attached hydrogens (tertiary/aromatic N) is 3. The predicted octanol–water partition coefficient (Wildman–Crippen LogP) is 1.39. The van der Waals surface area contributed by atoms with Gasteiger partial charge < -0.3 is 15.1 Å². The van der Waals surface area contributed by atoms with E-state index in [9.17, 15) is 9.59 Å². The molecular weight excluding hydrogens is 310 g/mol. The minimum absolute atomic E-state index is 0.156. The molecular formula is C16H19N5O3. The molecule has 1 aromatic carbocycles. The van der Waals surface area contributed by atoms with Gasteiger partial charge in [-0.2, -0.15) is 5.10 Å². The Bertz CT molecular complexity index is 908. The van der Waals surface area contributed by atoms with Gasteiger partial charge in [0.25, 0.3) is 0 Å². The number of aryl methyl sites for hydroxylation is 1. The number of para-hydroxylation sites is 2. The third-order valence-electron chi connectivity index (χ3n) is 3.77. The van der Waals surface area contributed by atoms with Gasteiger partial charge in [-0.1, -0.05) is 12.1 Å². The van der Waals surface area contributed by atoms with Crippen molar-refractivity contribution in [1.29, 1.82) is 0 Å². The van der Waals surface area contributed by atoms with Crippen molar-refractivity contribution in [1.82, 2.24) is 25.0 Å². The number of amides is 2. The molecule has 0 aliphatic carbocycles. The minimum Gasteiger partial charge on any atom is -0.408 e. The highest BCUT2D eigenvalue weighted by Gasteiger charge is 2.12. The number of benzene rings is 1. The Morgan fingerprint density at radius 3 is 2.92 bits per heavy atom. The number of carbonyl (C=O) groups is 1. The van der Waals surface area contributed by atoms with E-state index in [1.54, 1.807) is 23.0 Å². The maximum absolute atomic E-state index is 12.0. The first-order chi connectivity index (χ1) is 11.5. The summed E-state index contributed by atoms with van der Waals surface area (Å²) in [5, 5.41) is 9.64. The van der Waals surface area contributed by atoms with Crippen LogP contribution in [0.25, 0.3) is 11.1 Å². The molecule has 1 atom stereocenters. The van der Waals surface area contributed by atoms with E-state index in [-0.39, 0.29) is 12.1 Å². The van der Waals surface area contributed by atoms with E-state index in [1.165, 1.54) is 4.57 Å². The molecule has 0 fully saturated rings. The number of hydrogen-bond donors (Lipinski definition) is 2. The molecule has 0 aliphatic rings. The molecule has 2 N–H and O–H groups in total. The van der Waals surface area contributed by atoms with Crippen molar-refractivity contribution in [3.63, 3.8) is 0 Å². The Kier molecular flexibility index (Phi) is 4.37. The zero-order valence-electron chi connectivity index (χ0n) is 13.5. The largest absolute Gasteiger partial charge is 0.420 e. The van der Waals surface area contributed by atoms with E-state index in [0.717, 1.165) is 5.56 Å². The Balaban J connectivity index is 1.55. The average Bonchev–Trinajstić information content (AvgIpc) is 3.11. The summed E-state index contributed by atoms with van der Waals surface area (Å²) in [5.41, 5.74) is 2.18. The lowest BCUT2D eigenvalue weighted by Gasteiger charge is -2.13. The second-order valence-corrected chi connectivity index (χ2v) is 5.56. The van der Waals surface area contributed by atoms with Gasteiger partial charge in [-0.05, 0) is 19.1 Å². The monoisotopic (exact) mass is 329 g/mol. The van der Waals surface area contributed by atoms with Crippen LogP contribution in [0.3, 0.4) is 0 Å². The quantitative estimate of drug-likeness (QED) is 0.739. The minimum atomic E-state index is -0.429. The predicted molar refractivity (Wildman–Crippen MR) is 88.6 cm³/mol. The molecule has 0 radical (unpaired) electrons. The molecule has 3 aromatic rings. The molecule has 0 spiro atoms. The summed E-state index contributed by atoms with van der Waals surface area (Å²) in [4.78, 5) is 23.8. The highest BCUT2D eigenvalue weighted by Crippen LogP contribution is 2.11. The average molecular weight is 329 g/mol. The van der Waals surface area contributed by atoms with Gasteiger partial charge in [-0.25, -0.2) is 9.59 Å². The van der Waals surface area contributed by atoms with E-state index in [2.05, 4.69) is 15.7 Å². The number of fused-ring (bicyclic) bond motifs is 1. The molecule has 8 nitrogen and oxygen atoms in total. The van der Waals surface area contributed by atoms with Crippen LogP contribution in [-0.2, 0) is 13.6 Å². The summed E-state index contributed by atoms with van der Waals surface area (Å²) in [6.07, 6.45) is 3.56. The Morgan fingerprint density at radius 2 is 2.17 bits per heavy atom. The van der Waals surface area contributed by atoms with Gasteiger partial charge in [-0.15, -0.1) is 0 Å². The molecule has 0 saturated carbocycles. The van der Waals surface area contributed by atoms with Crippen LogP contribution in [0, 0.1) is 0 Å². The lowest BCUT2D eigenvalue weighted by Crippen LogP contribution is -2.39. The number of nitrogens with one attached hydrogen (secondary N) is 2. The van der Waals surface area contributed by atoms with Gasteiger partial charge >= 0.3 is 11.8 Å². The summed E-state index contributed by atoms with van der Waals surface area (Å²) < 4.78 is 8.33. The fourth-order valence-corrected chi connectivity index (χ4v) is 2.50. The highest BCUT2D eigenvalue weighted by molar-refractivity contribution is 5.74. The van der Waals surface area contributed by atoms with Crippen molar-refractivity contribution in [3.8, 4) is 0 Å². The van der Waals surface area contributed by atoms with Gasteiger partial charge in [0.05, 0.1) is 17.8 Å². The second kappa shape index (κ2) is 6.61. The Hall–Kier alpha value is -3.03. The number of rotatable bonds is 5. The van der Waals surface area contributed by atoms with Crippen molar-refractivity contribution in [3.05, 3.63) is 52.8 Å². The summed E-state index contributed by atoms with van der Waals surface area (Å²) in [6, 6.07) is 6.74. The van der Waals surface area contributed by atoms with E-state index < -0.39 is 5.76 Å². The van der Waals surface area contributed by atoms with Crippen molar-refractivity contribution >= 4 is 17.1 Å². The van der Waals surface area contributed by atoms with Crippen molar-refractivity contribution < 1.29 is 9.21 Å². The summed E-state index contributed by atoms with van der Waals surface area (Å²) in [5.74, 6) is -0.429. The molecule has 2 heterocycles. The van der Waals surface area contributed by atoms with Crippen LogP contribution in [0.5, 0.6) is 0 Å². The molecule has 2 amide bonds. The van der Waals surface area contributed by atoms with E-state index in [4.69, 9.17) is 4.42 Å². The SMILES string of the molecule is C[C@H](NC(=O)NCCn1c(=O)oc2ccccc21)c1cnn(C)c1. The standard InChI is InChI=1S/C16H19N5O3/c1-11(12-9-18-20(2)10-12)19-15(22)17-7-8-21-13-5-3-4-6-14(13)24-16(21)23/h3-6,9-11H,7-8H2,1-2H3,(H2,17,19,22)/t11-/m0/s1. The van der Waals surface area contributed by atoms with Gasteiger partial charge in [0.1, 0.15) is 0 Å². The third-order valence-corrected chi connectivity index (χ3v) is 3.77. The molecule has 0 bridgehead atoms. The number of hydrogen-bond acceptors (Lipinski definition) is 4. The van der Waals surface area contributed by atoms with Crippen LogP contribution in [0.15, 0.2) is 45.9 Å². The number of oxazole rings is 1. The molecule has 0 aliphatic heterocycles. The van der Waals surface area contributed by atoms with Crippen LogP contribution in [0.2, 0.25) is 0 Å². The fourth-order valence-electron chi connectivity index (χ4n) is 2.50. The zero-order valence-corrected chi connectivity index (χ0v) is 13.5. The Labute approximate surface area is 138 Å². The maximum atomic E-state index is 12.0. The number of urea groups is 1. The highest BCUT2D eigenvalue weighted by atomic mass is 16.4. The van der Waals surface area contributed by atoms with Crippen LogP contribution >= 0.6 is 0 Å². The van der Waals surface area contributed by atoms with Crippen molar-refractivity contribution in [2.24, 2.45) is 7.05 Å². The molecule has 0 saturated heterocycles. The van der Waals surface area contributed by atoms with Crippen LogP contribution in [0.1, 0.15) is 18.5 Å². The van der Waals surface area contributed by atoms with Gasteiger partial charge in [0.15, 0.2) is 5.58 Å². The normalized spacial score (nSPS) is 12.2. The zero-order chi connectivity index (χ0) is 17.1. The van der Waals surface area contributed by atoms with Gasteiger partial charge in [-0.3, -0.25) is 9.25 Å². The van der Waals surface area contributed by atoms with E-state index in [1.807, 2.05) is 32.3 Å². The Morgan fingerprint density at radius 1 is 1.38 bits per heavy atom. The molecule has 126 valence electrons. The number of carbonyl (C=O) groups excluding carboxylic acids is 1. The van der Waals surface area contributed by atoms with Crippen molar-refractivity contribution in [2.45, 2.75) is 19.5 Å². The lowest BCUT2D eigenvalue weighted by atomic mass is 10.2. The maximum Gasteiger partial charge on any atom is 0.420 e. The molecule has 2 aromatic heterocycles. The van der Waals surface area contributed by atoms with Crippen LogP contribution in [-0.4, -0.2) is 26.9 Å². The third kappa shape index (κ3) is 3.32. The van der Waals surface area contributed by atoms with Crippen LogP contribution < -0.4 is 16.4 Å². The first-order valence-corrected chi connectivity index (χ1v) is 7.66.